The van der Waals surface area contributed by atoms with E-state index in [9.17, 15) is 9.59 Å². The van der Waals surface area contributed by atoms with E-state index in [0.29, 0.717) is 30.2 Å². The third-order valence-electron chi connectivity index (χ3n) is 2.88. The summed E-state index contributed by atoms with van der Waals surface area (Å²) in [5.74, 6) is -0.138. The van der Waals surface area contributed by atoms with Gasteiger partial charge in [-0.15, -0.1) is 0 Å². The van der Waals surface area contributed by atoms with Gasteiger partial charge in [-0.05, 0) is 32.4 Å². The molecule has 0 aromatic carbocycles. The van der Waals surface area contributed by atoms with Gasteiger partial charge < -0.3 is 10.2 Å². The molecule has 20 heavy (non-hydrogen) atoms. The minimum absolute atomic E-state index is 0.0484. The maximum Gasteiger partial charge on any atom is 0.251 e. The van der Waals surface area contributed by atoms with Crippen molar-refractivity contribution in [2.75, 3.05) is 13.1 Å². The van der Waals surface area contributed by atoms with Crippen LogP contribution in [0.3, 0.4) is 0 Å². The van der Waals surface area contributed by atoms with E-state index >= 15 is 0 Å². The number of hydrogen-bond donors (Lipinski definition) is 1. The highest BCUT2D eigenvalue weighted by molar-refractivity contribution is 6.29. The Balaban J connectivity index is 2.37. The lowest BCUT2D eigenvalue weighted by Crippen LogP contribution is -2.37. The van der Waals surface area contributed by atoms with Gasteiger partial charge in [0.2, 0.25) is 5.91 Å². The summed E-state index contributed by atoms with van der Waals surface area (Å²) in [5.41, 5.74) is 0.484. The molecule has 6 heteroatoms. The molecule has 0 radical (unpaired) electrons. The fraction of sp³-hybridized carbons (Fsp3) is 0.500. The molecule has 0 saturated carbocycles. The second kappa shape index (κ2) is 7.85. The van der Waals surface area contributed by atoms with Gasteiger partial charge in [-0.1, -0.05) is 11.6 Å². The molecular weight excluding hydrogens is 278 g/mol. The van der Waals surface area contributed by atoms with Gasteiger partial charge in [0.25, 0.3) is 5.91 Å². The zero-order chi connectivity index (χ0) is 15.1. The van der Waals surface area contributed by atoms with Crippen molar-refractivity contribution in [2.45, 2.75) is 33.2 Å². The number of hydrogen-bond acceptors (Lipinski definition) is 3. The highest BCUT2D eigenvalue weighted by Gasteiger charge is 2.12. The van der Waals surface area contributed by atoms with Gasteiger partial charge in [-0.2, -0.15) is 0 Å². The number of nitrogens with one attached hydrogen (secondary N) is 1. The van der Waals surface area contributed by atoms with Crippen LogP contribution in [-0.4, -0.2) is 40.8 Å². The number of carbonyl (C=O) groups excluding carboxylic acids is 2. The molecule has 0 fully saturated rings. The summed E-state index contributed by atoms with van der Waals surface area (Å²) >= 11 is 5.73. The Morgan fingerprint density at radius 2 is 2.15 bits per heavy atom. The summed E-state index contributed by atoms with van der Waals surface area (Å²) in [6.45, 7) is 6.63. The Morgan fingerprint density at radius 1 is 1.45 bits per heavy atom. The van der Waals surface area contributed by atoms with Crippen LogP contribution in [0.25, 0.3) is 0 Å². The first-order valence-corrected chi connectivity index (χ1v) is 6.96. The molecule has 5 nitrogen and oxygen atoms in total. The lowest BCUT2D eigenvalue weighted by Gasteiger charge is -2.25. The zero-order valence-corrected chi connectivity index (χ0v) is 12.8. The van der Waals surface area contributed by atoms with Crippen LogP contribution in [0.15, 0.2) is 18.3 Å². The van der Waals surface area contributed by atoms with Gasteiger partial charge in [0.15, 0.2) is 0 Å². The maximum atomic E-state index is 11.8. The van der Waals surface area contributed by atoms with Crippen LogP contribution in [0.1, 0.15) is 37.6 Å². The van der Waals surface area contributed by atoms with Crippen LogP contribution in [0.5, 0.6) is 0 Å². The minimum atomic E-state index is -0.187. The van der Waals surface area contributed by atoms with E-state index in [0.717, 1.165) is 0 Å². The van der Waals surface area contributed by atoms with Gasteiger partial charge in [0, 0.05) is 37.8 Å². The van der Waals surface area contributed by atoms with Crippen molar-refractivity contribution in [3.63, 3.8) is 0 Å². The first-order chi connectivity index (χ1) is 9.41. The molecule has 110 valence electrons. The number of pyridine rings is 1. The summed E-state index contributed by atoms with van der Waals surface area (Å²) in [5, 5.41) is 3.09. The normalized spacial score (nSPS) is 10.4. The maximum absolute atomic E-state index is 11.8. The van der Waals surface area contributed by atoms with Gasteiger partial charge in [0.1, 0.15) is 5.15 Å². The molecule has 0 bridgehead atoms. The fourth-order valence-electron chi connectivity index (χ4n) is 1.88. The first-order valence-electron chi connectivity index (χ1n) is 6.58. The van der Waals surface area contributed by atoms with E-state index in [1.807, 2.05) is 13.8 Å². The highest BCUT2D eigenvalue weighted by atomic mass is 35.5. The molecule has 0 saturated heterocycles. The lowest BCUT2D eigenvalue weighted by molar-refractivity contribution is -0.130. The summed E-state index contributed by atoms with van der Waals surface area (Å²) in [6, 6.07) is 3.30. The molecule has 0 aliphatic rings. The third kappa shape index (κ3) is 5.17. The molecular formula is C14H20ClN3O2. The predicted molar refractivity (Wildman–Crippen MR) is 78.7 cm³/mol. The SMILES string of the molecule is CC(=O)N(CCCNC(=O)c1ccnc(Cl)c1)C(C)C. The van der Waals surface area contributed by atoms with Gasteiger partial charge in [-0.3, -0.25) is 9.59 Å². The summed E-state index contributed by atoms with van der Waals surface area (Å²) in [7, 11) is 0. The van der Waals surface area contributed by atoms with E-state index in [1.54, 1.807) is 17.9 Å². The van der Waals surface area contributed by atoms with Crippen molar-refractivity contribution < 1.29 is 9.59 Å². The molecule has 0 aliphatic carbocycles. The van der Waals surface area contributed by atoms with Gasteiger partial charge in [-0.25, -0.2) is 4.98 Å². The van der Waals surface area contributed by atoms with Gasteiger partial charge >= 0.3 is 0 Å². The Bertz CT molecular complexity index is 477. The lowest BCUT2D eigenvalue weighted by atomic mass is 10.2. The largest absolute Gasteiger partial charge is 0.352 e. The molecule has 1 rings (SSSR count). The monoisotopic (exact) mass is 297 g/mol. The quantitative estimate of drug-likeness (QED) is 0.646. The van der Waals surface area contributed by atoms with E-state index in [2.05, 4.69) is 10.3 Å². The van der Waals surface area contributed by atoms with Crippen LogP contribution in [0.4, 0.5) is 0 Å². The molecule has 0 atom stereocenters. The molecule has 1 aromatic rings. The number of nitrogens with zero attached hydrogens (tertiary/aromatic N) is 2. The fourth-order valence-corrected chi connectivity index (χ4v) is 2.05. The van der Waals surface area contributed by atoms with Crippen molar-refractivity contribution >= 4 is 23.4 Å². The Labute approximate surface area is 124 Å². The number of amides is 2. The molecule has 1 aromatic heterocycles. The Kier molecular flexibility index (Phi) is 6.45. The topological polar surface area (TPSA) is 62.3 Å². The van der Waals surface area contributed by atoms with E-state index < -0.39 is 0 Å². The van der Waals surface area contributed by atoms with E-state index in [-0.39, 0.29) is 17.9 Å². The average Bonchev–Trinajstić information content (AvgIpc) is 2.37. The summed E-state index contributed by atoms with van der Waals surface area (Å²) < 4.78 is 0. The number of aromatic nitrogens is 1. The second-order valence-corrected chi connectivity index (χ2v) is 5.17. The van der Waals surface area contributed by atoms with E-state index in [1.165, 1.54) is 12.3 Å². The molecule has 0 aliphatic heterocycles. The van der Waals surface area contributed by atoms with Crippen LogP contribution in [-0.2, 0) is 4.79 Å². The standard InChI is InChI=1S/C14H20ClN3O2/c1-10(2)18(11(3)19)8-4-6-17-14(20)12-5-7-16-13(15)9-12/h5,7,9-10H,4,6,8H2,1-3H3,(H,17,20). The van der Waals surface area contributed by atoms with Crippen molar-refractivity contribution in [1.82, 2.24) is 15.2 Å². The molecule has 1 heterocycles. The minimum Gasteiger partial charge on any atom is -0.352 e. The third-order valence-corrected chi connectivity index (χ3v) is 3.08. The average molecular weight is 298 g/mol. The van der Waals surface area contributed by atoms with Crippen molar-refractivity contribution in [1.29, 1.82) is 0 Å². The van der Waals surface area contributed by atoms with Crippen LogP contribution in [0, 0.1) is 0 Å². The highest BCUT2D eigenvalue weighted by Crippen LogP contribution is 2.06. The van der Waals surface area contributed by atoms with Crippen molar-refractivity contribution in [3.05, 3.63) is 29.0 Å². The number of halogens is 1. The Morgan fingerprint density at radius 3 is 2.70 bits per heavy atom. The van der Waals surface area contributed by atoms with Gasteiger partial charge in [0.05, 0.1) is 0 Å². The second-order valence-electron chi connectivity index (χ2n) is 4.78. The van der Waals surface area contributed by atoms with E-state index in [4.69, 9.17) is 11.6 Å². The van der Waals surface area contributed by atoms with Crippen LogP contribution < -0.4 is 5.32 Å². The zero-order valence-electron chi connectivity index (χ0n) is 12.0. The predicted octanol–water partition coefficient (Wildman–Crippen LogP) is 2.11. The summed E-state index contributed by atoms with van der Waals surface area (Å²) in [6.07, 6.45) is 2.20. The number of rotatable bonds is 6. The smallest absolute Gasteiger partial charge is 0.251 e. The molecule has 2 amide bonds. The van der Waals surface area contributed by atoms with Crippen LogP contribution in [0.2, 0.25) is 5.15 Å². The Hall–Kier alpha value is -1.62. The first kappa shape index (κ1) is 16.4. The molecule has 1 N–H and O–H groups in total. The molecule has 0 unspecified atom stereocenters. The van der Waals surface area contributed by atoms with Crippen molar-refractivity contribution in [3.8, 4) is 0 Å². The van der Waals surface area contributed by atoms with Crippen molar-refractivity contribution in [2.24, 2.45) is 0 Å². The summed E-state index contributed by atoms with van der Waals surface area (Å²) in [4.78, 5) is 28.8. The van der Waals surface area contributed by atoms with Crippen LogP contribution >= 0.6 is 11.6 Å². The molecule has 0 spiro atoms. The number of carbonyl (C=O) groups is 2.